The number of nitrogens with zero attached hydrogens (tertiary/aromatic N) is 2. The summed E-state index contributed by atoms with van der Waals surface area (Å²) >= 11 is 1.30. The largest absolute Gasteiger partial charge is 0.387 e. The molecule has 0 saturated heterocycles. The topological polar surface area (TPSA) is 46.0 Å². The summed E-state index contributed by atoms with van der Waals surface area (Å²) in [5, 5.41) is 14.6. The molecule has 1 aromatic heterocycles. The molecule has 102 valence electrons. The maximum Gasteiger partial charge on any atom is 0.0957 e. The maximum atomic E-state index is 10.5. The first-order valence-corrected chi connectivity index (χ1v) is 7.22. The van der Waals surface area contributed by atoms with Crippen LogP contribution in [0.3, 0.4) is 0 Å². The normalized spacial score (nSPS) is 13.5. The number of rotatable bonds is 3. The lowest BCUT2D eigenvalue weighted by Crippen LogP contribution is -2.16. The van der Waals surface area contributed by atoms with Gasteiger partial charge in [-0.1, -0.05) is 49.5 Å². The Balaban J connectivity index is 2.24. The molecule has 0 aliphatic carbocycles. The van der Waals surface area contributed by atoms with Crippen molar-refractivity contribution in [1.29, 1.82) is 0 Å². The number of aromatic nitrogens is 2. The van der Waals surface area contributed by atoms with Crippen molar-refractivity contribution in [3.05, 3.63) is 46.0 Å². The van der Waals surface area contributed by atoms with E-state index in [0.29, 0.717) is 6.42 Å². The molecule has 3 nitrogen and oxygen atoms in total. The molecule has 19 heavy (non-hydrogen) atoms. The van der Waals surface area contributed by atoms with Gasteiger partial charge >= 0.3 is 0 Å². The van der Waals surface area contributed by atoms with Gasteiger partial charge in [0.1, 0.15) is 0 Å². The van der Waals surface area contributed by atoms with Gasteiger partial charge in [0, 0.05) is 11.8 Å². The summed E-state index contributed by atoms with van der Waals surface area (Å²) in [6.07, 6.45) is 0.0786. The number of aryl methyl sites for hydroxylation is 1. The maximum absolute atomic E-state index is 10.5. The monoisotopic (exact) mass is 276 g/mol. The molecule has 4 heteroatoms. The molecule has 0 fully saturated rings. The SMILES string of the molecule is Cc1ccccc1CC(O)c1snnc1C(C)(C)C. The highest BCUT2D eigenvalue weighted by Crippen LogP contribution is 2.32. The standard InChI is InChI=1S/C15H20N2OS/c1-10-7-5-6-8-11(10)9-12(18)13-14(15(2,3)4)16-17-19-13/h5-8,12,18H,9H2,1-4H3. The van der Waals surface area contributed by atoms with E-state index in [9.17, 15) is 5.11 Å². The first kappa shape index (κ1) is 14.2. The molecular formula is C15H20N2OS. The molecule has 1 atom stereocenters. The molecule has 1 N–H and O–H groups in total. The zero-order valence-corrected chi connectivity index (χ0v) is 12.7. The second-order valence-electron chi connectivity index (χ2n) is 5.88. The highest BCUT2D eigenvalue weighted by Gasteiger charge is 2.26. The number of hydrogen-bond acceptors (Lipinski definition) is 4. The van der Waals surface area contributed by atoms with Gasteiger partial charge in [0.15, 0.2) is 0 Å². The summed E-state index contributed by atoms with van der Waals surface area (Å²) in [6, 6.07) is 8.14. The zero-order valence-electron chi connectivity index (χ0n) is 11.8. The third-order valence-electron chi connectivity index (χ3n) is 3.20. The smallest absolute Gasteiger partial charge is 0.0957 e. The average Bonchev–Trinajstić information content (AvgIpc) is 2.81. The van der Waals surface area contributed by atoms with Gasteiger partial charge in [-0.15, -0.1) is 5.10 Å². The Hall–Kier alpha value is -1.26. The van der Waals surface area contributed by atoms with Gasteiger partial charge in [-0.25, -0.2) is 0 Å². The fraction of sp³-hybridized carbons (Fsp3) is 0.467. The van der Waals surface area contributed by atoms with Crippen LogP contribution in [0.25, 0.3) is 0 Å². The molecule has 1 aromatic carbocycles. The summed E-state index contributed by atoms with van der Waals surface area (Å²) in [4.78, 5) is 0.885. The lowest BCUT2D eigenvalue weighted by molar-refractivity contribution is 0.179. The molecule has 1 unspecified atom stereocenters. The van der Waals surface area contributed by atoms with E-state index in [2.05, 4.69) is 49.4 Å². The predicted octanol–water partition coefficient (Wildman–Crippen LogP) is 3.42. The second-order valence-corrected chi connectivity index (χ2v) is 6.67. The molecule has 0 bridgehead atoms. The molecule has 0 aliphatic heterocycles. The minimum absolute atomic E-state index is 0.0882. The van der Waals surface area contributed by atoms with E-state index >= 15 is 0 Å². The van der Waals surface area contributed by atoms with E-state index in [1.54, 1.807) is 0 Å². The highest BCUT2D eigenvalue weighted by molar-refractivity contribution is 7.05. The summed E-state index contributed by atoms with van der Waals surface area (Å²) < 4.78 is 4.01. The molecular weight excluding hydrogens is 256 g/mol. The first-order chi connectivity index (χ1) is 8.89. The summed E-state index contributed by atoms with van der Waals surface area (Å²) in [5.74, 6) is 0. The third kappa shape index (κ3) is 3.19. The van der Waals surface area contributed by atoms with Crippen molar-refractivity contribution in [2.24, 2.45) is 0 Å². The summed E-state index contributed by atoms with van der Waals surface area (Å²) in [6.45, 7) is 8.34. The van der Waals surface area contributed by atoms with Gasteiger partial charge in [-0.3, -0.25) is 0 Å². The molecule has 0 saturated carbocycles. The van der Waals surface area contributed by atoms with Gasteiger partial charge in [-0.05, 0) is 29.6 Å². The lowest BCUT2D eigenvalue weighted by atomic mass is 9.89. The zero-order chi connectivity index (χ0) is 14.0. The average molecular weight is 276 g/mol. The summed E-state index contributed by atoms with van der Waals surface area (Å²) in [5.41, 5.74) is 3.19. The Morgan fingerprint density at radius 2 is 1.95 bits per heavy atom. The predicted molar refractivity (Wildman–Crippen MR) is 78.5 cm³/mol. The van der Waals surface area contributed by atoms with Crippen molar-refractivity contribution in [3.63, 3.8) is 0 Å². The first-order valence-electron chi connectivity index (χ1n) is 6.45. The Morgan fingerprint density at radius 1 is 1.26 bits per heavy atom. The van der Waals surface area contributed by atoms with Gasteiger partial charge in [0.05, 0.1) is 16.7 Å². The fourth-order valence-corrected chi connectivity index (χ4v) is 2.93. The van der Waals surface area contributed by atoms with Crippen LogP contribution in [0.5, 0.6) is 0 Å². The molecule has 0 radical (unpaired) electrons. The van der Waals surface area contributed by atoms with Crippen molar-refractivity contribution < 1.29 is 5.11 Å². The highest BCUT2D eigenvalue weighted by atomic mass is 32.1. The van der Waals surface area contributed by atoms with Crippen molar-refractivity contribution in [2.45, 2.75) is 45.6 Å². The van der Waals surface area contributed by atoms with E-state index in [4.69, 9.17) is 0 Å². The molecule has 0 spiro atoms. The molecule has 0 amide bonds. The number of benzene rings is 1. The van der Waals surface area contributed by atoms with Crippen LogP contribution in [0.2, 0.25) is 0 Å². The quantitative estimate of drug-likeness (QED) is 0.934. The van der Waals surface area contributed by atoms with Crippen molar-refractivity contribution in [1.82, 2.24) is 9.59 Å². The second kappa shape index (κ2) is 5.39. The molecule has 0 aliphatic rings. The minimum atomic E-state index is -0.532. The molecule has 1 heterocycles. The number of aliphatic hydroxyl groups is 1. The lowest BCUT2D eigenvalue weighted by Gasteiger charge is -2.19. The Morgan fingerprint density at radius 3 is 2.58 bits per heavy atom. The van der Waals surface area contributed by atoms with Crippen molar-refractivity contribution in [3.8, 4) is 0 Å². The van der Waals surface area contributed by atoms with Gasteiger partial charge in [0.25, 0.3) is 0 Å². The van der Waals surface area contributed by atoms with Crippen LogP contribution in [0.15, 0.2) is 24.3 Å². The van der Waals surface area contributed by atoms with E-state index in [1.807, 2.05) is 12.1 Å². The van der Waals surface area contributed by atoms with E-state index in [1.165, 1.54) is 22.7 Å². The summed E-state index contributed by atoms with van der Waals surface area (Å²) in [7, 11) is 0. The van der Waals surface area contributed by atoms with Crippen LogP contribution < -0.4 is 0 Å². The van der Waals surface area contributed by atoms with Crippen LogP contribution in [0.4, 0.5) is 0 Å². The fourth-order valence-electron chi connectivity index (χ4n) is 2.08. The van der Waals surface area contributed by atoms with Gasteiger partial charge in [0.2, 0.25) is 0 Å². The van der Waals surface area contributed by atoms with E-state index in [-0.39, 0.29) is 5.41 Å². The third-order valence-corrected chi connectivity index (χ3v) is 4.03. The van der Waals surface area contributed by atoms with Crippen molar-refractivity contribution >= 4 is 11.5 Å². The van der Waals surface area contributed by atoms with E-state index < -0.39 is 6.10 Å². The Labute approximate surface area is 118 Å². The number of aliphatic hydroxyl groups excluding tert-OH is 1. The van der Waals surface area contributed by atoms with Crippen LogP contribution in [-0.2, 0) is 11.8 Å². The Kier molecular flexibility index (Phi) is 4.02. The number of hydrogen-bond donors (Lipinski definition) is 1. The van der Waals surface area contributed by atoms with E-state index in [0.717, 1.165) is 10.6 Å². The molecule has 2 rings (SSSR count). The molecule has 2 aromatic rings. The van der Waals surface area contributed by atoms with Gasteiger partial charge < -0.3 is 5.11 Å². The Bertz CT molecular complexity index is 557. The van der Waals surface area contributed by atoms with Crippen LogP contribution in [-0.4, -0.2) is 14.7 Å². The van der Waals surface area contributed by atoms with Crippen LogP contribution in [0.1, 0.15) is 48.6 Å². The van der Waals surface area contributed by atoms with Crippen LogP contribution >= 0.6 is 11.5 Å². The van der Waals surface area contributed by atoms with Crippen LogP contribution in [0, 0.1) is 6.92 Å². The van der Waals surface area contributed by atoms with Crippen molar-refractivity contribution in [2.75, 3.05) is 0 Å². The van der Waals surface area contributed by atoms with Gasteiger partial charge in [-0.2, -0.15) is 0 Å². The minimum Gasteiger partial charge on any atom is -0.387 e.